The van der Waals surface area contributed by atoms with E-state index in [2.05, 4.69) is 39.0 Å². The molecule has 0 amide bonds. The van der Waals surface area contributed by atoms with E-state index in [0.29, 0.717) is 5.92 Å². The first-order valence-electron chi connectivity index (χ1n) is 8.66. The van der Waals surface area contributed by atoms with Gasteiger partial charge < -0.3 is 5.11 Å². The summed E-state index contributed by atoms with van der Waals surface area (Å²) in [6, 6.07) is 6.92. The molecule has 0 bridgehead atoms. The first kappa shape index (κ1) is 18.3. The predicted molar refractivity (Wildman–Crippen MR) is 96.5 cm³/mol. The summed E-state index contributed by atoms with van der Waals surface area (Å²) >= 11 is 0. The van der Waals surface area contributed by atoms with Crippen molar-refractivity contribution < 1.29 is 9.90 Å². The average molecular weight is 337 g/mol. The number of aryl methyl sites for hydroxylation is 1. The molecule has 2 aliphatic rings. The number of fused-ring (bicyclic) bond motifs is 3. The highest BCUT2D eigenvalue weighted by Crippen LogP contribution is 2.57. The fourth-order valence-corrected chi connectivity index (χ4v) is 5.13. The fourth-order valence-electron chi connectivity index (χ4n) is 5.13. The van der Waals surface area contributed by atoms with Crippen LogP contribution < -0.4 is 0 Å². The third-order valence-electron chi connectivity index (χ3n) is 6.53. The van der Waals surface area contributed by atoms with Gasteiger partial charge in [0.15, 0.2) is 0 Å². The molecule has 3 atom stereocenters. The van der Waals surface area contributed by atoms with Crippen LogP contribution >= 0.6 is 12.4 Å². The van der Waals surface area contributed by atoms with Gasteiger partial charge in [-0.1, -0.05) is 45.4 Å². The summed E-state index contributed by atoms with van der Waals surface area (Å²) in [4.78, 5) is 11.9. The number of carboxylic acid groups (broad SMARTS) is 1. The summed E-state index contributed by atoms with van der Waals surface area (Å²) in [6.45, 7) is 8.75. The first-order chi connectivity index (χ1) is 10.3. The Labute approximate surface area is 146 Å². The second-order valence-electron chi connectivity index (χ2n) is 8.16. The zero-order chi connectivity index (χ0) is 16.1. The Morgan fingerprint density at radius 3 is 2.57 bits per heavy atom. The van der Waals surface area contributed by atoms with E-state index in [4.69, 9.17) is 0 Å². The summed E-state index contributed by atoms with van der Waals surface area (Å²) in [7, 11) is 0. The smallest absolute Gasteiger partial charge is 0.309 e. The van der Waals surface area contributed by atoms with Crippen molar-refractivity contribution in [2.45, 2.75) is 71.1 Å². The number of hydrogen-bond acceptors (Lipinski definition) is 1. The molecule has 1 aromatic carbocycles. The average Bonchev–Trinajstić information content (AvgIpc) is 2.46. The van der Waals surface area contributed by atoms with Crippen molar-refractivity contribution >= 4 is 18.4 Å². The van der Waals surface area contributed by atoms with Crippen molar-refractivity contribution in [1.82, 2.24) is 0 Å². The molecule has 23 heavy (non-hydrogen) atoms. The van der Waals surface area contributed by atoms with Crippen LogP contribution in [0.2, 0.25) is 0 Å². The van der Waals surface area contributed by atoms with Gasteiger partial charge in [-0.25, -0.2) is 0 Å². The molecule has 1 saturated carbocycles. The molecular weight excluding hydrogens is 308 g/mol. The Morgan fingerprint density at radius 1 is 1.26 bits per heavy atom. The Hall–Kier alpha value is -1.02. The highest BCUT2D eigenvalue weighted by molar-refractivity contribution is 5.85. The van der Waals surface area contributed by atoms with E-state index < -0.39 is 11.4 Å². The molecule has 2 nitrogen and oxygen atoms in total. The third kappa shape index (κ3) is 2.69. The van der Waals surface area contributed by atoms with E-state index in [-0.39, 0.29) is 23.7 Å². The largest absolute Gasteiger partial charge is 0.481 e. The van der Waals surface area contributed by atoms with Crippen LogP contribution in [0.5, 0.6) is 0 Å². The predicted octanol–water partition coefficient (Wildman–Crippen LogP) is 5.33. The van der Waals surface area contributed by atoms with Gasteiger partial charge in [-0.15, -0.1) is 12.4 Å². The minimum absolute atomic E-state index is 0. The van der Waals surface area contributed by atoms with Crippen LogP contribution in [0.15, 0.2) is 18.2 Å². The maximum Gasteiger partial charge on any atom is 0.309 e. The van der Waals surface area contributed by atoms with Crippen LogP contribution in [0.3, 0.4) is 0 Å². The van der Waals surface area contributed by atoms with E-state index in [1.165, 1.54) is 16.7 Å². The molecule has 1 N–H and O–H groups in total. The molecule has 0 heterocycles. The summed E-state index contributed by atoms with van der Waals surface area (Å²) in [6.07, 6.45) is 4.99. The van der Waals surface area contributed by atoms with Crippen LogP contribution in [0.1, 0.15) is 76.0 Å². The second-order valence-corrected chi connectivity index (χ2v) is 8.16. The zero-order valence-corrected chi connectivity index (χ0v) is 15.5. The number of carbonyl (C=O) groups is 1. The van der Waals surface area contributed by atoms with Gasteiger partial charge in [0.25, 0.3) is 0 Å². The van der Waals surface area contributed by atoms with Crippen LogP contribution in [0.25, 0.3) is 0 Å². The van der Waals surface area contributed by atoms with Gasteiger partial charge in [-0.05, 0) is 66.5 Å². The molecule has 0 spiro atoms. The SMILES string of the molecule is CC(C)c1ccc2c(c1)CC[C@H]1[C@](C)(C(=O)O)CCC[C@]21C.Cl. The molecule has 0 unspecified atom stereocenters. The number of halogens is 1. The van der Waals surface area contributed by atoms with Gasteiger partial charge in [-0.3, -0.25) is 4.79 Å². The van der Waals surface area contributed by atoms with Crippen molar-refractivity contribution in [2.75, 3.05) is 0 Å². The minimum Gasteiger partial charge on any atom is -0.481 e. The van der Waals surface area contributed by atoms with Gasteiger partial charge >= 0.3 is 5.97 Å². The Balaban J connectivity index is 0.00000192. The van der Waals surface area contributed by atoms with Crippen molar-refractivity contribution in [3.8, 4) is 0 Å². The maximum absolute atomic E-state index is 11.9. The van der Waals surface area contributed by atoms with E-state index in [0.717, 1.165) is 32.1 Å². The molecule has 0 aliphatic heterocycles. The molecule has 0 saturated heterocycles. The third-order valence-corrected chi connectivity index (χ3v) is 6.53. The number of benzene rings is 1. The van der Waals surface area contributed by atoms with E-state index in [1.807, 2.05) is 6.92 Å². The highest BCUT2D eigenvalue weighted by Gasteiger charge is 2.55. The summed E-state index contributed by atoms with van der Waals surface area (Å²) in [5.74, 6) is 0.195. The van der Waals surface area contributed by atoms with Gasteiger partial charge in [0.05, 0.1) is 5.41 Å². The van der Waals surface area contributed by atoms with Crippen molar-refractivity contribution in [3.05, 3.63) is 34.9 Å². The van der Waals surface area contributed by atoms with Crippen LogP contribution in [-0.4, -0.2) is 11.1 Å². The van der Waals surface area contributed by atoms with Gasteiger partial charge in [0.2, 0.25) is 0 Å². The molecule has 0 aromatic heterocycles. The number of aliphatic carboxylic acids is 1. The van der Waals surface area contributed by atoms with E-state index in [1.54, 1.807) is 0 Å². The van der Waals surface area contributed by atoms with Crippen LogP contribution in [-0.2, 0) is 16.6 Å². The molecule has 3 rings (SSSR count). The molecule has 2 aliphatic carbocycles. The quantitative estimate of drug-likeness (QED) is 0.792. The lowest BCUT2D eigenvalue weighted by atomic mass is 9.50. The number of hydrogen-bond donors (Lipinski definition) is 1. The second kappa shape index (κ2) is 6.12. The molecule has 3 heteroatoms. The lowest BCUT2D eigenvalue weighted by Crippen LogP contribution is -2.52. The summed E-state index contributed by atoms with van der Waals surface area (Å²) in [5.41, 5.74) is 3.73. The Bertz CT molecular complexity index is 610. The topological polar surface area (TPSA) is 37.3 Å². The lowest BCUT2D eigenvalue weighted by molar-refractivity contribution is -0.157. The molecule has 1 fully saturated rings. The van der Waals surface area contributed by atoms with E-state index >= 15 is 0 Å². The molecular formula is C20H29ClO2. The van der Waals surface area contributed by atoms with Crippen molar-refractivity contribution in [1.29, 1.82) is 0 Å². The minimum atomic E-state index is -0.606. The monoisotopic (exact) mass is 336 g/mol. The standard InChI is InChI=1S/C20H28O2.ClH/c1-13(2)14-6-8-16-15(12-14)7-9-17-19(16,3)10-5-11-20(17,4)18(21)22;/h6,8,12-13,17H,5,7,9-11H2,1-4H3,(H,21,22);1H/t17-,19-,20-;/m1./s1. The highest BCUT2D eigenvalue weighted by atomic mass is 35.5. The normalized spacial score (nSPS) is 32.7. The van der Waals surface area contributed by atoms with Gasteiger partial charge in [0, 0.05) is 0 Å². The zero-order valence-electron chi connectivity index (χ0n) is 14.7. The lowest BCUT2D eigenvalue weighted by Gasteiger charge is -2.53. The Kier molecular flexibility index (Phi) is 4.88. The summed E-state index contributed by atoms with van der Waals surface area (Å²) in [5, 5.41) is 9.82. The molecule has 1 aromatic rings. The fraction of sp³-hybridized carbons (Fsp3) is 0.650. The van der Waals surface area contributed by atoms with E-state index in [9.17, 15) is 9.90 Å². The number of rotatable bonds is 2. The van der Waals surface area contributed by atoms with Crippen LogP contribution in [0, 0.1) is 11.3 Å². The van der Waals surface area contributed by atoms with Gasteiger partial charge in [0.1, 0.15) is 0 Å². The van der Waals surface area contributed by atoms with Crippen molar-refractivity contribution in [2.24, 2.45) is 11.3 Å². The van der Waals surface area contributed by atoms with Crippen molar-refractivity contribution in [3.63, 3.8) is 0 Å². The molecule has 0 radical (unpaired) electrons. The van der Waals surface area contributed by atoms with Gasteiger partial charge in [-0.2, -0.15) is 0 Å². The maximum atomic E-state index is 11.9. The molecule has 128 valence electrons. The first-order valence-corrected chi connectivity index (χ1v) is 8.66. The summed E-state index contributed by atoms with van der Waals surface area (Å²) < 4.78 is 0. The number of carboxylic acids is 1. The Morgan fingerprint density at radius 2 is 1.96 bits per heavy atom. The van der Waals surface area contributed by atoms with Crippen LogP contribution in [0.4, 0.5) is 0 Å².